The molecule has 0 fully saturated rings. The molecule has 0 spiro atoms. The molecule has 0 aliphatic rings. The van der Waals surface area contributed by atoms with Crippen molar-refractivity contribution in [2.75, 3.05) is 6.26 Å². The molecule has 1 heterocycles. The second-order valence-corrected chi connectivity index (χ2v) is 5.53. The van der Waals surface area contributed by atoms with E-state index in [0.29, 0.717) is 0 Å². The number of thioether (sulfide) groups is 1. The van der Waals surface area contributed by atoms with E-state index in [1.807, 2.05) is 19.1 Å². The van der Waals surface area contributed by atoms with Gasteiger partial charge in [0.15, 0.2) is 0 Å². The van der Waals surface area contributed by atoms with Gasteiger partial charge < -0.3 is 0 Å². The molecule has 0 aliphatic carbocycles. The van der Waals surface area contributed by atoms with Crippen LogP contribution in [0.25, 0.3) is 11.3 Å². The first-order chi connectivity index (χ1) is 8.13. The Labute approximate surface area is 114 Å². The van der Waals surface area contributed by atoms with E-state index < -0.39 is 0 Å². The van der Waals surface area contributed by atoms with Gasteiger partial charge in [-0.15, -0.1) is 16.9 Å². The van der Waals surface area contributed by atoms with Crippen LogP contribution < -0.4 is 0 Å². The maximum absolute atomic E-state index is 4.32. The standard InChI is InChI=1S/C13H13BrN2S/c1-8-9(2)15-16-12(13(8)17-3)10-4-6-11(14)7-5-10/h4-7H,1-3H3. The molecule has 1 aromatic heterocycles. The molecule has 0 unspecified atom stereocenters. The van der Waals surface area contributed by atoms with Crippen molar-refractivity contribution in [2.24, 2.45) is 0 Å². The molecule has 2 rings (SSSR count). The van der Waals surface area contributed by atoms with E-state index in [2.05, 4.69) is 51.4 Å². The van der Waals surface area contributed by atoms with E-state index in [1.54, 1.807) is 11.8 Å². The molecule has 2 nitrogen and oxygen atoms in total. The number of hydrogen-bond donors (Lipinski definition) is 0. The molecule has 17 heavy (non-hydrogen) atoms. The van der Waals surface area contributed by atoms with Gasteiger partial charge in [-0.2, -0.15) is 5.10 Å². The average Bonchev–Trinajstić information content (AvgIpc) is 2.34. The van der Waals surface area contributed by atoms with Crippen molar-refractivity contribution >= 4 is 27.7 Å². The minimum absolute atomic E-state index is 0.966. The molecule has 0 atom stereocenters. The molecule has 4 heteroatoms. The predicted octanol–water partition coefficient (Wildman–Crippen LogP) is 4.24. The Kier molecular flexibility index (Phi) is 3.84. The molecular formula is C13H13BrN2S. The largest absolute Gasteiger partial charge is 0.155 e. The highest BCUT2D eigenvalue weighted by Gasteiger charge is 2.11. The van der Waals surface area contributed by atoms with Gasteiger partial charge in [-0.05, 0) is 37.8 Å². The van der Waals surface area contributed by atoms with Crippen LogP contribution in [-0.4, -0.2) is 16.5 Å². The second kappa shape index (κ2) is 5.19. The van der Waals surface area contributed by atoms with Gasteiger partial charge in [0.1, 0.15) is 5.69 Å². The summed E-state index contributed by atoms with van der Waals surface area (Å²) >= 11 is 5.16. The number of hydrogen-bond acceptors (Lipinski definition) is 3. The van der Waals surface area contributed by atoms with E-state index in [-0.39, 0.29) is 0 Å². The van der Waals surface area contributed by atoms with E-state index in [0.717, 1.165) is 21.4 Å². The lowest BCUT2D eigenvalue weighted by Crippen LogP contribution is -1.98. The summed E-state index contributed by atoms with van der Waals surface area (Å²) in [6.07, 6.45) is 2.08. The molecule has 0 amide bonds. The lowest BCUT2D eigenvalue weighted by molar-refractivity contribution is 0.933. The highest BCUT2D eigenvalue weighted by Crippen LogP contribution is 2.32. The van der Waals surface area contributed by atoms with E-state index >= 15 is 0 Å². The summed E-state index contributed by atoms with van der Waals surface area (Å²) in [4.78, 5) is 1.21. The summed E-state index contributed by atoms with van der Waals surface area (Å²) in [7, 11) is 0. The third kappa shape index (κ3) is 2.53. The van der Waals surface area contributed by atoms with E-state index in [1.165, 1.54) is 10.5 Å². The third-order valence-electron chi connectivity index (χ3n) is 2.72. The third-order valence-corrected chi connectivity index (χ3v) is 4.16. The van der Waals surface area contributed by atoms with Crippen LogP contribution in [0.1, 0.15) is 11.3 Å². The highest BCUT2D eigenvalue weighted by atomic mass is 79.9. The first-order valence-corrected chi connectivity index (χ1v) is 7.29. The Hall–Kier alpha value is -0.870. The van der Waals surface area contributed by atoms with Gasteiger partial charge in [0.05, 0.1) is 5.69 Å². The lowest BCUT2D eigenvalue weighted by Gasteiger charge is -2.10. The van der Waals surface area contributed by atoms with Gasteiger partial charge in [-0.25, -0.2) is 0 Å². The van der Waals surface area contributed by atoms with Gasteiger partial charge in [-0.3, -0.25) is 0 Å². The Morgan fingerprint density at radius 3 is 2.29 bits per heavy atom. The van der Waals surface area contributed by atoms with Crippen LogP contribution in [0.5, 0.6) is 0 Å². The number of halogens is 1. The zero-order valence-corrected chi connectivity index (χ0v) is 12.4. The fraction of sp³-hybridized carbons (Fsp3) is 0.231. The van der Waals surface area contributed by atoms with Crippen molar-refractivity contribution in [3.63, 3.8) is 0 Å². The van der Waals surface area contributed by atoms with Crippen molar-refractivity contribution in [1.82, 2.24) is 10.2 Å². The molecule has 2 aromatic rings. The van der Waals surface area contributed by atoms with E-state index in [9.17, 15) is 0 Å². The van der Waals surface area contributed by atoms with Crippen LogP contribution in [0.15, 0.2) is 33.6 Å². The SMILES string of the molecule is CSc1c(-c2ccc(Br)cc2)nnc(C)c1C. The van der Waals surface area contributed by atoms with Gasteiger partial charge in [-0.1, -0.05) is 28.1 Å². The molecular weight excluding hydrogens is 296 g/mol. The molecule has 0 bridgehead atoms. The second-order valence-electron chi connectivity index (χ2n) is 3.80. The first-order valence-electron chi connectivity index (χ1n) is 5.27. The van der Waals surface area contributed by atoms with Crippen molar-refractivity contribution < 1.29 is 0 Å². The van der Waals surface area contributed by atoms with Crippen molar-refractivity contribution in [2.45, 2.75) is 18.7 Å². The smallest absolute Gasteiger partial charge is 0.107 e. The predicted molar refractivity (Wildman–Crippen MR) is 76.4 cm³/mol. The Bertz CT molecular complexity index is 538. The Morgan fingerprint density at radius 2 is 1.71 bits per heavy atom. The summed E-state index contributed by atoms with van der Waals surface area (Å²) in [5, 5.41) is 8.53. The molecule has 0 saturated carbocycles. The maximum atomic E-state index is 4.32. The van der Waals surface area contributed by atoms with Gasteiger partial charge in [0.25, 0.3) is 0 Å². The zero-order chi connectivity index (χ0) is 12.4. The monoisotopic (exact) mass is 308 g/mol. The van der Waals surface area contributed by atoms with Gasteiger partial charge in [0, 0.05) is 14.9 Å². The lowest BCUT2D eigenvalue weighted by atomic mass is 10.1. The summed E-state index contributed by atoms with van der Waals surface area (Å²) in [5.41, 5.74) is 4.28. The number of benzene rings is 1. The van der Waals surface area contributed by atoms with Crippen molar-refractivity contribution in [1.29, 1.82) is 0 Å². The fourth-order valence-corrected chi connectivity index (χ4v) is 2.70. The molecule has 0 radical (unpaired) electrons. The number of aryl methyl sites for hydroxylation is 1. The summed E-state index contributed by atoms with van der Waals surface area (Å²) in [5.74, 6) is 0. The topological polar surface area (TPSA) is 25.8 Å². The molecule has 1 aromatic carbocycles. The zero-order valence-electron chi connectivity index (χ0n) is 9.99. The minimum Gasteiger partial charge on any atom is -0.155 e. The van der Waals surface area contributed by atoms with Crippen LogP contribution in [0.4, 0.5) is 0 Å². The molecule has 0 N–H and O–H groups in total. The summed E-state index contributed by atoms with van der Waals surface area (Å²) < 4.78 is 1.07. The van der Waals surface area contributed by atoms with Crippen LogP contribution in [0, 0.1) is 13.8 Å². The highest BCUT2D eigenvalue weighted by molar-refractivity contribution is 9.10. The molecule has 0 aliphatic heterocycles. The quantitative estimate of drug-likeness (QED) is 0.776. The molecule has 88 valence electrons. The fourth-order valence-electron chi connectivity index (χ4n) is 1.63. The summed E-state index contributed by atoms with van der Waals surface area (Å²) in [6, 6.07) is 8.16. The van der Waals surface area contributed by atoms with E-state index in [4.69, 9.17) is 0 Å². The maximum Gasteiger partial charge on any atom is 0.107 e. The minimum atomic E-state index is 0.966. The average molecular weight is 309 g/mol. The summed E-state index contributed by atoms with van der Waals surface area (Å²) in [6.45, 7) is 4.09. The normalized spacial score (nSPS) is 10.6. The van der Waals surface area contributed by atoms with Crippen molar-refractivity contribution in [3.8, 4) is 11.3 Å². The van der Waals surface area contributed by atoms with Gasteiger partial charge >= 0.3 is 0 Å². The Balaban J connectivity index is 2.59. The number of nitrogens with zero attached hydrogens (tertiary/aromatic N) is 2. The molecule has 0 saturated heterocycles. The van der Waals surface area contributed by atoms with Crippen LogP contribution in [0.2, 0.25) is 0 Å². The number of rotatable bonds is 2. The van der Waals surface area contributed by atoms with Crippen LogP contribution in [-0.2, 0) is 0 Å². The Morgan fingerprint density at radius 1 is 1.06 bits per heavy atom. The first kappa shape index (κ1) is 12.6. The van der Waals surface area contributed by atoms with Crippen molar-refractivity contribution in [3.05, 3.63) is 40.0 Å². The van der Waals surface area contributed by atoms with Crippen LogP contribution >= 0.6 is 27.7 Å². The van der Waals surface area contributed by atoms with Crippen LogP contribution in [0.3, 0.4) is 0 Å². The number of aromatic nitrogens is 2. The van der Waals surface area contributed by atoms with Gasteiger partial charge in [0.2, 0.25) is 0 Å².